The van der Waals surface area contributed by atoms with Crippen LogP contribution in [0.5, 0.6) is 11.5 Å². The fraction of sp³-hybridized carbons (Fsp3) is 0.111. The van der Waals surface area contributed by atoms with Gasteiger partial charge in [-0.3, -0.25) is 4.79 Å². The Morgan fingerprint density at radius 1 is 1.26 bits per heavy atom. The summed E-state index contributed by atoms with van der Waals surface area (Å²) in [5.74, 6) is 0.634. The van der Waals surface area contributed by atoms with Crippen molar-refractivity contribution >= 4 is 28.8 Å². The summed E-state index contributed by atoms with van der Waals surface area (Å²) in [6, 6.07) is 8.98. The van der Waals surface area contributed by atoms with Crippen LogP contribution in [0.3, 0.4) is 0 Å². The fourth-order valence-electron chi connectivity index (χ4n) is 2.95. The van der Waals surface area contributed by atoms with E-state index in [-0.39, 0.29) is 24.1 Å². The van der Waals surface area contributed by atoms with Crippen LogP contribution >= 0.6 is 11.3 Å². The second kappa shape index (κ2) is 7.53. The van der Waals surface area contributed by atoms with Gasteiger partial charge in [0.25, 0.3) is 5.91 Å². The quantitative estimate of drug-likeness (QED) is 0.350. The molecular weight excluding hydrogens is 424 g/mol. The Bertz CT molecular complexity index is 1290. The lowest BCUT2D eigenvalue weighted by Gasteiger charge is -2.07. The zero-order valence-electron chi connectivity index (χ0n) is 16.0. The van der Waals surface area contributed by atoms with Crippen molar-refractivity contribution in [2.45, 2.75) is 6.92 Å². The number of hydrazone groups is 1. The lowest BCUT2D eigenvalue weighted by molar-refractivity contribution is 0.0950. The van der Waals surface area contributed by atoms with Crippen molar-refractivity contribution in [3.63, 3.8) is 0 Å². The minimum atomic E-state index is -0.565. The summed E-state index contributed by atoms with van der Waals surface area (Å²) >= 11 is 1.51. The van der Waals surface area contributed by atoms with E-state index in [9.17, 15) is 4.79 Å². The van der Waals surface area contributed by atoms with E-state index in [1.54, 1.807) is 25.1 Å². The Morgan fingerprint density at radius 3 is 2.90 bits per heavy atom. The molecule has 3 N–H and O–H groups in total. The molecule has 12 nitrogen and oxygen atoms in total. The van der Waals surface area contributed by atoms with Crippen LogP contribution in [0.2, 0.25) is 0 Å². The lowest BCUT2D eigenvalue weighted by Crippen LogP contribution is -2.20. The second-order valence-corrected chi connectivity index (χ2v) is 7.30. The van der Waals surface area contributed by atoms with E-state index in [2.05, 4.69) is 35.8 Å². The SMILES string of the molecule is CC(=NNC(=O)c1nnn(-c2nonc2N)c1-c1ccc2c(c1)OCO2)c1cccs1. The van der Waals surface area contributed by atoms with Gasteiger partial charge in [0.1, 0.15) is 5.69 Å². The molecular formula is C18H14N8O4S. The van der Waals surface area contributed by atoms with Crippen molar-refractivity contribution in [3.05, 3.63) is 46.3 Å². The normalized spacial score (nSPS) is 12.9. The molecule has 0 radical (unpaired) electrons. The Balaban J connectivity index is 1.56. The highest BCUT2D eigenvalue weighted by atomic mass is 32.1. The van der Waals surface area contributed by atoms with Crippen LogP contribution in [0.1, 0.15) is 22.3 Å². The molecule has 0 saturated heterocycles. The van der Waals surface area contributed by atoms with E-state index in [1.807, 2.05) is 17.5 Å². The number of carbonyl (C=O) groups excluding carboxylic acids is 1. The van der Waals surface area contributed by atoms with Gasteiger partial charge in [-0.05, 0) is 46.9 Å². The molecule has 0 atom stereocenters. The molecule has 0 bridgehead atoms. The van der Waals surface area contributed by atoms with Crippen molar-refractivity contribution in [2.24, 2.45) is 5.10 Å². The molecule has 3 aromatic heterocycles. The highest BCUT2D eigenvalue weighted by Gasteiger charge is 2.26. The number of benzene rings is 1. The van der Waals surface area contributed by atoms with Gasteiger partial charge in [-0.1, -0.05) is 11.3 Å². The van der Waals surface area contributed by atoms with E-state index >= 15 is 0 Å². The number of carbonyl (C=O) groups is 1. The van der Waals surface area contributed by atoms with Crippen molar-refractivity contribution in [1.29, 1.82) is 0 Å². The number of aromatic nitrogens is 5. The number of amides is 1. The molecule has 0 aliphatic carbocycles. The number of thiophene rings is 1. The first-order chi connectivity index (χ1) is 15.1. The molecule has 4 aromatic rings. The molecule has 0 unspecified atom stereocenters. The first-order valence-corrected chi connectivity index (χ1v) is 9.82. The molecule has 1 amide bonds. The summed E-state index contributed by atoms with van der Waals surface area (Å²) in [7, 11) is 0. The van der Waals surface area contributed by atoms with Gasteiger partial charge in [0.15, 0.2) is 17.2 Å². The van der Waals surface area contributed by atoms with Crippen LogP contribution in [-0.4, -0.2) is 43.7 Å². The summed E-state index contributed by atoms with van der Waals surface area (Å²) in [4.78, 5) is 13.9. The summed E-state index contributed by atoms with van der Waals surface area (Å²) in [5.41, 5.74) is 9.88. The highest BCUT2D eigenvalue weighted by molar-refractivity contribution is 7.12. The van der Waals surface area contributed by atoms with Crippen LogP contribution in [0.15, 0.2) is 45.4 Å². The number of anilines is 1. The Morgan fingerprint density at radius 2 is 2.13 bits per heavy atom. The van der Waals surface area contributed by atoms with Crippen molar-refractivity contribution in [3.8, 4) is 28.6 Å². The molecule has 0 fully saturated rings. The summed E-state index contributed by atoms with van der Waals surface area (Å²) in [6.45, 7) is 1.91. The molecule has 31 heavy (non-hydrogen) atoms. The standard InChI is InChI=1S/C18H14N8O4S/c1-9(13-3-2-6-31-13)20-22-18(27)14-15(10-4-5-11-12(7-10)29-8-28-11)26(25-21-14)17-16(19)23-30-24-17/h2-7H,8H2,1H3,(H2,19,23)(H,22,27). The minimum Gasteiger partial charge on any atom is -0.454 e. The van der Waals surface area contributed by atoms with E-state index in [0.29, 0.717) is 28.5 Å². The third-order valence-electron chi connectivity index (χ3n) is 4.43. The van der Waals surface area contributed by atoms with Crippen molar-refractivity contribution in [1.82, 2.24) is 30.7 Å². The van der Waals surface area contributed by atoms with Crippen LogP contribution in [0.4, 0.5) is 5.82 Å². The number of nitrogen functional groups attached to an aromatic ring is 1. The molecule has 5 rings (SSSR count). The molecule has 13 heteroatoms. The van der Waals surface area contributed by atoms with Crippen molar-refractivity contribution < 1.29 is 18.9 Å². The number of hydrogen-bond donors (Lipinski definition) is 2. The van der Waals surface area contributed by atoms with Gasteiger partial charge in [-0.2, -0.15) is 9.78 Å². The maximum Gasteiger partial charge on any atom is 0.294 e. The molecule has 0 saturated carbocycles. The third kappa shape index (κ3) is 3.36. The molecule has 1 aliphatic rings. The summed E-state index contributed by atoms with van der Waals surface area (Å²) < 4.78 is 16.8. The van der Waals surface area contributed by atoms with E-state index in [1.165, 1.54) is 16.0 Å². The number of ether oxygens (including phenoxy) is 2. The molecule has 4 heterocycles. The maximum absolute atomic E-state index is 12.9. The lowest BCUT2D eigenvalue weighted by atomic mass is 10.1. The van der Waals surface area contributed by atoms with Crippen LogP contribution < -0.4 is 20.6 Å². The zero-order valence-corrected chi connectivity index (χ0v) is 16.8. The molecule has 156 valence electrons. The van der Waals surface area contributed by atoms with Gasteiger partial charge in [0.05, 0.1) is 5.71 Å². The molecule has 0 spiro atoms. The number of nitrogens with zero attached hydrogens (tertiary/aromatic N) is 6. The predicted octanol–water partition coefficient (Wildman–Crippen LogP) is 1.84. The number of nitrogens with two attached hydrogens (primary N) is 1. The number of fused-ring (bicyclic) bond motifs is 1. The zero-order chi connectivity index (χ0) is 21.4. The average molecular weight is 438 g/mol. The second-order valence-electron chi connectivity index (χ2n) is 6.36. The van der Waals surface area contributed by atoms with Crippen molar-refractivity contribution in [2.75, 3.05) is 12.5 Å². The van der Waals surface area contributed by atoms with Gasteiger partial charge in [0, 0.05) is 10.4 Å². The van der Waals surface area contributed by atoms with E-state index in [0.717, 1.165) is 4.88 Å². The maximum atomic E-state index is 12.9. The van der Waals surface area contributed by atoms with Gasteiger partial charge >= 0.3 is 0 Å². The van der Waals surface area contributed by atoms with Gasteiger partial charge in [-0.25, -0.2) is 10.1 Å². The van der Waals surface area contributed by atoms with Gasteiger partial charge < -0.3 is 15.2 Å². The van der Waals surface area contributed by atoms with E-state index < -0.39 is 5.91 Å². The Hall–Kier alpha value is -4.26. The predicted molar refractivity (Wildman–Crippen MR) is 109 cm³/mol. The van der Waals surface area contributed by atoms with Crippen LogP contribution in [-0.2, 0) is 0 Å². The van der Waals surface area contributed by atoms with Gasteiger partial charge in [-0.15, -0.1) is 16.4 Å². The number of hydrogen-bond acceptors (Lipinski definition) is 11. The van der Waals surface area contributed by atoms with Gasteiger partial charge in [0.2, 0.25) is 18.4 Å². The molecule has 1 aliphatic heterocycles. The van der Waals surface area contributed by atoms with Crippen LogP contribution in [0.25, 0.3) is 17.1 Å². The fourth-order valence-corrected chi connectivity index (χ4v) is 3.63. The summed E-state index contributed by atoms with van der Waals surface area (Å²) in [6.07, 6.45) is 0. The smallest absolute Gasteiger partial charge is 0.294 e. The van der Waals surface area contributed by atoms with E-state index in [4.69, 9.17) is 15.2 Å². The Labute approximate surface area is 178 Å². The Kier molecular flexibility index (Phi) is 4.55. The first-order valence-electron chi connectivity index (χ1n) is 8.94. The topological polar surface area (TPSA) is 156 Å². The largest absolute Gasteiger partial charge is 0.454 e. The number of rotatable bonds is 5. The highest BCUT2D eigenvalue weighted by Crippen LogP contribution is 2.37. The van der Waals surface area contributed by atoms with Crippen LogP contribution in [0, 0.1) is 0 Å². The monoisotopic (exact) mass is 438 g/mol. The number of nitrogens with one attached hydrogen (secondary N) is 1. The third-order valence-corrected chi connectivity index (χ3v) is 5.41. The minimum absolute atomic E-state index is 0.00370. The average Bonchev–Trinajstić information content (AvgIpc) is 3.57. The first kappa shape index (κ1) is 18.7. The summed E-state index contributed by atoms with van der Waals surface area (Å²) in [5, 5.41) is 21.5. The molecule has 1 aromatic carbocycles.